The van der Waals surface area contributed by atoms with E-state index in [0.29, 0.717) is 5.82 Å². The number of hydrogen-bond donors (Lipinski definition) is 2. The van der Waals surface area contributed by atoms with Gasteiger partial charge in [-0.1, -0.05) is 12.1 Å². The van der Waals surface area contributed by atoms with Crippen LogP contribution in [0.2, 0.25) is 0 Å². The van der Waals surface area contributed by atoms with E-state index < -0.39 is 11.7 Å². The summed E-state index contributed by atoms with van der Waals surface area (Å²) in [6, 6.07) is 9.33. The fourth-order valence-electron chi connectivity index (χ4n) is 2.44. The molecule has 0 radical (unpaired) electrons. The molecule has 1 aliphatic rings. The second kappa shape index (κ2) is 7.19. The normalized spacial score (nSPS) is 17.0. The predicted octanol–water partition coefficient (Wildman–Crippen LogP) is 3.06. The van der Waals surface area contributed by atoms with E-state index in [0.717, 1.165) is 31.7 Å². The first kappa shape index (κ1) is 15.4. The number of halogens is 1. The fourth-order valence-corrected chi connectivity index (χ4v) is 2.44. The quantitative estimate of drug-likeness (QED) is 0.890. The number of nitrogens with one attached hydrogen (secondary N) is 2. The molecular weight excluding hydrogens is 297 g/mol. The maximum atomic E-state index is 13.6. The van der Waals surface area contributed by atoms with Gasteiger partial charge in [0.1, 0.15) is 11.6 Å². The van der Waals surface area contributed by atoms with E-state index in [4.69, 9.17) is 4.74 Å². The molecule has 2 heterocycles. The minimum Gasteiger partial charge on any atom is -0.381 e. The van der Waals surface area contributed by atoms with Crippen LogP contribution in [0.15, 0.2) is 42.6 Å². The van der Waals surface area contributed by atoms with E-state index in [1.54, 1.807) is 24.4 Å². The van der Waals surface area contributed by atoms with Crippen molar-refractivity contribution in [2.45, 2.75) is 18.9 Å². The van der Waals surface area contributed by atoms with E-state index >= 15 is 0 Å². The lowest BCUT2D eigenvalue weighted by atomic mass is 10.2. The lowest BCUT2D eigenvalue weighted by molar-refractivity contribution is 0.102. The van der Waals surface area contributed by atoms with Crippen LogP contribution in [-0.4, -0.2) is 30.1 Å². The first-order valence-corrected chi connectivity index (χ1v) is 7.60. The van der Waals surface area contributed by atoms with Crippen molar-refractivity contribution in [3.63, 3.8) is 0 Å². The van der Waals surface area contributed by atoms with Crippen LogP contribution in [0.25, 0.3) is 0 Å². The van der Waals surface area contributed by atoms with Crippen molar-refractivity contribution in [2.24, 2.45) is 0 Å². The number of hydrogen-bond acceptors (Lipinski definition) is 4. The molecule has 1 unspecified atom stereocenters. The van der Waals surface area contributed by atoms with Crippen molar-refractivity contribution in [3.8, 4) is 0 Å². The molecule has 6 heteroatoms. The number of ether oxygens (including phenoxy) is 1. The van der Waals surface area contributed by atoms with Crippen LogP contribution >= 0.6 is 0 Å². The lowest BCUT2D eigenvalue weighted by Crippen LogP contribution is -2.18. The van der Waals surface area contributed by atoms with Crippen molar-refractivity contribution < 1.29 is 13.9 Å². The standard InChI is InChI=1S/C17H18FN3O2/c18-15-6-2-1-5-14(15)17(22)21-16-8-7-12(10-20-16)19-11-13-4-3-9-23-13/h1-2,5-8,10,13,19H,3-4,9,11H2,(H,20,21,22). The van der Waals surface area contributed by atoms with Crippen molar-refractivity contribution in [1.82, 2.24) is 4.98 Å². The van der Waals surface area contributed by atoms with E-state index in [-0.39, 0.29) is 11.7 Å². The largest absolute Gasteiger partial charge is 0.381 e. The Balaban J connectivity index is 1.56. The van der Waals surface area contributed by atoms with Gasteiger partial charge in [0.2, 0.25) is 0 Å². The number of nitrogens with zero attached hydrogens (tertiary/aromatic N) is 1. The highest BCUT2D eigenvalue weighted by atomic mass is 19.1. The van der Waals surface area contributed by atoms with Crippen LogP contribution in [0.5, 0.6) is 0 Å². The Morgan fingerprint density at radius 1 is 1.30 bits per heavy atom. The number of anilines is 2. The van der Waals surface area contributed by atoms with E-state index in [1.807, 2.05) is 6.07 Å². The second-order valence-electron chi connectivity index (χ2n) is 5.38. The SMILES string of the molecule is O=C(Nc1ccc(NCC2CCCO2)cn1)c1ccccc1F. The third-order valence-electron chi connectivity index (χ3n) is 3.68. The van der Waals surface area contributed by atoms with Crippen molar-refractivity contribution >= 4 is 17.4 Å². The summed E-state index contributed by atoms with van der Waals surface area (Å²) >= 11 is 0. The van der Waals surface area contributed by atoms with Gasteiger partial charge >= 0.3 is 0 Å². The topological polar surface area (TPSA) is 63.2 Å². The Morgan fingerprint density at radius 3 is 2.87 bits per heavy atom. The zero-order valence-corrected chi connectivity index (χ0v) is 12.6. The molecular formula is C17H18FN3O2. The molecule has 1 aromatic carbocycles. The Kier molecular flexibility index (Phi) is 4.83. The van der Waals surface area contributed by atoms with Gasteiger partial charge in [-0.2, -0.15) is 0 Å². The summed E-state index contributed by atoms with van der Waals surface area (Å²) in [6.07, 6.45) is 4.05. The van der Waals surface area contributed by atoms with Gasteiger partial charge in [0.25, 0.3) is 5.91 Å². The fraction of sp³-hybridized carbons (Fsp3) is 0.294. The number of rotatable bonds is 5. The predicted molar refractivity (Wildman–Crippen MR) is 86.1 cm³/mol. The molecule has 1 aliphatic heterocycles. The zero-order chi connectivity index (χ0) is 16.1. The average molecular weight is 315 g/mol. The lowest BCUT2D eigenvalue weighted by Gasteiger charge is -2.12. The van der Waals surface area contributed by atoms with Gasteiger partial charge in [0.15, 0.2) is 0 Å². The summed E-state index contributed by atoms with van der Waals surface area (Å²) < 4.78 is 19.1. The number of carbonyl (C=O) groups is 1. The molecule has 0 saturated carbocycles. The van der Waals surface area contributed by atoms with E-state index in [1.165, 1.54) is 12.1 Å². The van der Waals surface area contributed by atoms with Gasteiger partial charge in [-0.15, -0.1) is 0 Å². The molecule has 23 heavy (non-hydrogen) atoms. The number of carbonyl (C=O) groups excluding carboxylic acids is 1. The van der Waals surface area contributed by atoms with Gasteiger partial charge in [-0.05, 0) is 37.1 Å². The summed E-state index contributed by atoms with van der Waals surface area (Å²) in [7, 11) is 0. The Morgan fingerprint density at radius 2 is 2.17 bits per heavy atom. The zero-order valence-electron chi connectivity index (χ0n) is 12.6. The molecule has 1 saturated heterocycles. The van der Waals surface area contributed by atoms with Gasteiger partial charge in [0, 0.05) is 13.2 Å². The number of amides is 1. The van der Waals surface area contributed by atoms with Crippen LogP contribution in [0.3, 0.4) is 0 Å². The summed E-state index contributed by atoms with van der Waals surface area (Å²) in [5.74, 6) is -0.698. The Hall–Kier alpha value is -2.47. The number of benzene rings is 1. The smallest absolute Gasteiger partial charge is 0.259 e. The molecule has 1 amide bonds. The molecule has 0 spiro atoms. The van der Waals surface area contributed by atoms with Crippen LogP contribution in [0, 0.1) is 5.82 Å². The molecule has 0 aliphatic carbocycles. The van der Waals surface area contributed by atoms with Crippen LogP contribution in [-0.2, 0) is 4.74 Å². The van der Waals surface area contributed by atoms with Gasteiger partial charge in [-0.25, -0.2) is 9.37 Å². The number of aromatic nitrogens is 1. The van der Waals surface area contributed by atoms with Gasteiger partial charge < -0.3 is 15.4 Å². The molecule has 1 aromatic heterocycles. The first-order chi connectivity index (χ1) is 11.2. The molecule has 1 fully saturated rings. The maximum Gasteiger partial charge on any atom is 0.259 e. The third-order valence-corrected chi connectivity index (χ3v) is 3.68. The monoisotopic (exact) mass is 315 g/mol. The Labute approximate surface area is 133 Å². The molecule has 3 rings (SSSR count). The van der Waals surface area contributed by atoms with Gasteiger partial charge in [-0.3, -0.25) is 4.79 Å². The Bertz CT molecular complexity index is 670. The molecule has 2 aromatic rings. The summed E-state index contributed by atoms with van der Waals surface area (Å²) in [6.45, 7) is 1.56. The highest BCUT2D eigenvalue weighted by Gasteiger charge is 2.15. The highest BCUT2D eigenvalue weighted by molar-refractivity contribution is 6.03. The van der Waals surface area contributed by atoms with Crippen LogP contribution in [0.1, 0.15) is 23.2 Å². The highest BCUT2D eigenvalue weighted by Crippen LogP contribution is 2.15. The second-order valence-corrected chi connectivity index (χ2v) is 5.38. The first-order valence-electron chi connectivity index (χ1n) is 7.60. The molecule has 120 valence electrons. The minimum absolute atomic E-state index is 0.00474. The number of pyridine rings is 1. The average Bonchev–Trinajstić information content (AvgIpc) is 3.08. The summed E-state index contributed by atoms with van der Waals surface area (Å²) in [5.41, 5.74) is 0.847. The van der Waals surface area contributed by atoms with E-state index in [9.17, 15) is 9.18 Å². The summed E-state index contributed by atoms with van der Waals surface area (Å²) in [5, 5.41) is 5.83. The van der Waals surface area contributed by atoms with Crippen molar-refractivity contribution in [1.29, 1.82) is 0 Å². The maximum absolute atomic E-state index is 13.6. The van der Waals surface area contributed by atoms with Crippen molar-refractivity contribution in [2.75, 3.05) is 23.8 Å². The molecule has 2 N–H and O–H groups in total. The van der Waals surface area contributed by atoms with Crippen LogP contribution < -0.4 is 10.6 Å². The van der Waals surface area contributed by atoms with Crippen molar-refractivity contribution in [3.05, 3.63) is 54.0 Å². The molecule has 0 bridgehead atoms. The molecule has 5 nitrogen and oxygen atoms in total. The minimum atomic E-state index is -0.556. The third kappa shape index (κ3) is 4.04. The van der Waals surface area contributed by atoms with Gasteiger partial charge in [0.05, 0.1) is 23.6 Å². The van der Waals surface area contributed by atoms with E-state index in [2.05, 4.69) is 15.6 Å². The van der Waals surface area contributed by atoms with Crippen LogP contribution in [0.4, 0.5) is 15.9 Å². The summed E-state index contributed by atoms with van der Waals surface area (Å²) in [4.78, 5) is 16.2. The molecule has 1 atom stereocenters.